The van der Waals surface area contributed by atoms with E-state index in [0.29, 0.717) is 11.8 Å². The number of benzene rings is 1. The maximum Gasteiger partial charge on any atom is 0.183 e. The Labute approximate surface area is 107 Å². The molecule has 0 aromatic heterocycles. The van der Waals surface area contributed by atoms with E-state index >= 15 is 0 Å². The van der Waals surface area contributed by atoms with Crippen LogP contribution in [0.3, 0.4) is 0 Å². The average molecular weight is 254 g/mol. The second-order valence-electron chi connectivity index (χ2n) is 5.47. The topological polar surface area (TPSA) is 38.0 Å². The molecule has 1 aliphatic rings. The first kappa shape index (κ1) is 13.1. The minimum atomic E-state index is -0.874. The zero-order valence-corrected chi connectivity index (χ0v) is 10.8. The lowest BCUT2D eigenvalue weighted by atomic mass is 9.80. The highest BCUT2D eigenvalue weighted by molar-refractivity contribution is 5.67. The molecule has 0 saturated heterocycles. The molecule has 1 aromatic carbocycles. The van der Waals surface area contributed by atoms with Crippen LogP contribution in [0.15, 0.2) is 12.1 Å². The van der Waals surface area contributed by atoms with Crippen LogP contribution in [0.1, 0.15) is 33.1 Å². The molecular weight excluding hydrogens is 234 g/mol. The molecule has 3 unspecified atom stereocenters. The number of nitrogens with one attached hydrogen (secondary N) is 1. The quantitative estimate of drug-likeness (QED) is 0.788. The first-order valence-corrected chi connectivity index (χ1v) is 6.49. The Morgan fingerprint density at radius 1 is 1.22 bits per heavy atom. The van der Waals surface area contributed by atoms with Crippen LogP contribution in [0.25, 0.3) is 0 Å². The summed E-state index contributed by atoms with van der Waals surface area (Å²) in [7, 11) is 0. The maximum atomic E-state index is 13.7. The standard InChI is InChI=1S/C14H20F2N2/c1-8-3-6-12(9(2)7-8)18-14-11(17)5-4-10(15)13(14)16/h4-5,8-9,12,18H,3,6-7,17H2,1-2H3. The van der Waals surface area contributed by atoms with E-state index in [0.717, 1.165) is 25.3 Å². The molecule has 0 aliphatic heterocycles. The predicted molar refractivity (Wildman–Crippen MR) is 70.4 cm³/mol. The number of anilines is 2. The van der Waals surface area contributed by atoms with Gasteiger partial charge in [-0.2, -0.15) is 0 Å². The normalized spacial score (nSPS) is 28.1. The van der Waals surface area contributed by atoms with Crippen molar-refractivity contribution < 1.29 is 8.78 Å². The van der Waals surface area contributed by atoms with Gasteiger partial charge in [-0.25, -0.2) is 8.78 Å². The summed E-state index contributed by atoms with van der Waals surface area (Å²) >= 11 is 0. The number of hydrogen-bond donors (Lipinski definition) is 2. The summed E-state index contributed by atoms with van der Waals surface area (Å²) in [5.74, 6) is -0.590. The van der Waals surface area contributed by atoms with E-state index in [1.165, 1.54) is 6.07 Å². The van der Waals surface area contributed by atoms with Crippen LogP contribution in [0.2, 0.25) is 0 Å². The highest BCUT2D eigenvalue weighted by Crippen LogP contribution is 2.33. The number of hydrogen-bond acceptors (Lipinski definition) is 2. The van der Waals surface area contributed by atoms with Crippen LogP contribution < -0.4 is 11.1 Å². The average Bonchev–Trinajstić information content (AvgIpc) is 2.32. The van der Waals surface area contributed by atoms with E-state index in [4.69, 9.17) is 5.73 Å². The van der Waals surface area contributed by atoms with Gasteiger partial charge in [-0.05, 0) is 43.2 Å². The molecule has 1 aromatic rings. The van der Waals surface area contributed by atoms with Gasteiger partial charge in [0.25, 0.3) is 0 Å². The van der Waals surface area contributed by atoms with Crippen LogP contribution in [0.5, 0.6) is 0 Å². The third kappa shape index (κ3) is 2.57. The van der Waals surface area contributed by atoms with Crippen LogP contribution in [0.4, 0.5) is 20.2 Å². The van der Waals surface area contributed by atoms with Crippen molar-refractivity contribution in [2.45, 2.75) is 39.2 Å². The fraction of sp³-hybridized carbons (Fsp3) is 0.571. The monoisotopic (exact) mass is 254 g/mol. The van der Waals surface area contributed by atoms with Gasteiger partial charge < -0.3 is 11.1 Å². The van der Waals surface area contributed by atoms with Crippen molar-refractivity contribution in [2.75, 3.05) is 11.1 Å². The van der Waals surface area contributed by atoms with Crippen molar-refractivity contribution in [3.05, 3.63) is 23.8 Å². The Kier molecular flexibility index (Phi) is 3.73. The molecule has 1 saturated carbocycles. The molecule has 100 valence electrons. The van der Waals surface area contributed by atoms with E-state index in [-0.39, 0.29) is 17.4 Å². The Hall–Kier alpha value is -1.32. The first-order chi connectivity index (χ1) is 8.49. The molecule has 0 radical (unpaired) electrons. The van der Waals surface area contributed by atoms with Crippen LogP contribution in [-0.4, -0.2) is 6.04 Å². The largest absolute Gasteiger partial charge is 0.397 e. The Balaban J connectivity index is 2.17. The Morgan fingerprint density at radius 3 is 2.61 bits per heavy atom. The molecule has 2 rings (SSSR count). The molecule has 2 nitrogen and oxygen atoms in total. The van der Waals surface area contributed by atoms with E-state index in [1.54, 1.807) is 0 Å². The van der Waals surface area contributed by atoms with Crippen molar-refractivity contribution >= 4 is 11.4 Å². The van der Waals surface area contributed by atoms with Gasteiger partial charge in [0.15, 0.2) is 11.6 Å². The van der Waals surface area contributed by atoms with Gasteiger partial charge in [0.05, 0.1) is 11.4 Å². The predicted octanol–water partition coefficient (Wildman–Crippen LogP) is 3.78. The Bertz CT molecular complexity index is 434. The van der Waals surface area contributed by atoms with Crippen molar-refractivity contribution in [2.24, 2.45) is 11.8 Å². The van der Waals surface area contributed by atoms with Crippen molar-refractivity contribution in [3.63, 3.8) is 0 Å². The van der Waals surface area contributed by atoms with Crippen molar-refractivity contribution in [3.8, 4) is 0 Å². The number of nitrogens with two attached hydrogens (primary N) is 1. The molecule has 1 fully saturated rings. The molecule has 1 aliphatic carbocycles. The van der Waals surface area contributed by atoms with E-state index < -0.39 is 11.6 Å². The van der Waals surface area contributed by atoms with Gasteiger partial charge in [-0.1, -0.05) is 13.8 Å². The van der Waals surface area contributed by atoms with E-state index in [2.05, 4.69) is 19.2 Å². The summed E-state index contributed by atoms with van der Waals surface area (Å²) in [6.07, 6.45) is 3.19. The SMILES string of the molecule is CC1CCC(Nc2c(N)ccc(F)c2F)C(C)C1. The highest BCUT2D eigenvalue weighted by atomic mass is 19.2. The molecule has 18 heavy (non-hydrogen) atoms. The van der Waals surface area contributed by atoms with Crippen LogP contribution >= 0.6 is 0 Å². The summed E-state index contributed by atoms with van der Waals surface area (Å²) in [5, 5.41) is 3.09. The molecule has 0 amide bonds. The molecular formula is C14H20F2N2. The lowest BCUT2D eigenvalue weighted by Crippen LogP contribution is -2.33. The van der Waals surface area contributed by atoms with Crippen LogP contribution in [0, 0.1) is 23.5 Å². The first-order valence-electron chi connectivity index (χ1n) is 6.49. The van der Waals surface area contributed by atoms with Crippen molar-refractivity contribution in [1.82, 2.24) is 0 Å². The van der Waals surface area contributed by atoms with E-state index in [9.17, 15) is 8.78 Å². The summed E-state index contributed by atoms with van der Waals surface area (Å²) in [4.78, 5) is 0. The number of nitrogen functional groups attached to an aromatic ring is 1. The molecule has 0 spiro atoms. The molecule has 4 heteroatoms. The lowest BCUT2D eigenvalue weighted by molar-refractivity contribution is 0.276. The summed E-state index contributed by atoms with van der Waals surface area (Å²) in [6.45, 7) is 4.37. The number of halogens is 2. The smallest absolute Gasteiger partial charge is 0.183 e. The fourth-order valence-electron chi connectivity index (χ4n) is 2.78. The summed E-state index contributed by atoms with van der Waals surface area (Å²) in [6, 6.07) is 2.62. The third-order valence-corrected chi connectivity index (χ3v) is 3.89. The van der Waals surface area contributed by atoms with Gasteiger partial charge in [0, 0.05) is 6.04 Å². The van der Waals surface area contributed by atoms with E-state index in [1.807, 2.05) is 0 Å². The highest BCUT2D eigenvalue weighted by Gasteiger charge is 2.26. The fourth-order valence-corrected chi connectivity index (χ4v) is 2.78. The Morgan fingerprint density at radius 2 is 1.94 bits per heavy atom. The molecule has 3 N–H and O–H groups in total. The minimum Gasteiger partial charge on any atom is -0.397 e. The second kappa shape index (κ2) is 5.12. The lowest BCUT2D eigenvalue weighted by Gasteiger charge is -2.34. The zero-order chi connectivity index (χ0) is 13.3. The summed E-state index contributed by atoms with van der Waals surface area (Å²) in [5.41, 5.74) is 6.09. The molecule has 0 heterocycles. The van der Waals surface area contributed by atoms with Gasteiger partial charge in [-0.3, -0.25) is 0 Å². The van der Waals surface area contributed by atoms with Crippen LogP contribution in [-0.2, 0) is 0 Å². The van der Waals surface area contributed by atoms with Gasteiger partial charge in [0.2, 0.25) is 0 Å². The number of rotatable bonds is 2. The maximum absolute atomic E-state index is 13.7. The second-order valence-corrected chi connectivity index (χ2v) is 5.47. The van der Waals surface area contributed by atoms with Crippen molar-refractivity contribution in [1.29, 1.82) is 0 Å². The molecule has 3 atom stereocenters. The zero-order valence-electron chi connectivity index (χ0n) is 10.8. The minimum absolute atomic E-state index is 0.112. The van der Waals surface area contributed by atoms with Gasteiger partial charge in [-0.15, -0.1) is 0 Å². The summed E-state index contributed by atoms with van der Waals surface area (Å²) < 4.78 is 26.9. The third-order valence-electron chi connectivity index (χ3n) is 3.89. The van der Waals surface area contributed by atoms with Gasteiger partial charge >= 0.3 is 0 Å². The molecule has 0 bridgehead atoms. The van der Waals surface area contributed by atoms with Gasteiger partial charge in [0.1, 0.15) is 0 Å².